The van der Waals surface area contributed by atoms with Crippen LogP contribution in [0.15, 0.2) is 24.3 Å². The van der Waals surface area contributed by atoms with E-state index in [-0.39, 0.29) is 0 Å². The summed E-state index contributed by atoms with van der Waals surface area (Å²) in [5, 5.41) is 3.13. The van der Waals surface area contributed by atoms with E-state index in [4.69, 9.17) is 0 Å². The van der Waals surface area contributed by atoms with Gasteiger partial charge in [0.25, 0.3) is 0 Å². The van der Waals surface area contributed by atoms with Crippen molar-refractivity contribution < 1.29 is 0 Å². The van der Waals surface area contributed by atoms with E-state index in [1.54, 1.807) is 0 Å². The van der Waals surface area contributed by atoms with Crippen molar-refractivity contribution >= 4 is 5.69 Å². The maximum atomic E-state index is 3.13. The molecule has 0 atom stereocenters. The first-order chi connectivity index (χ1) is 6.27. The molecule has 0 bridgehead atoms. The third-order valence-corrected chi connectivity index (χ3v) is 2.23. The van der Waals surface area contributed by atoms with Gasteiger partial charge in [-0.25, -0.2) is 0 Å². The number of benzene rings is 1. The third-order valence-electron chi connectivity index (χ3n) is 2.23. The third kappa shape index (κ3) is 2.74. The summed E-state index contributed by atoms with van der Waals surface area (Å²) >= 11 is 0. The van der Waals surface area contributed by atoms with Crippen LogP contribution in [-0.4, -0.2) is 20.6 Å². The Bertz CT molecular complexity index is 241. The molecule has 0 amide bonds. The minimum Gasteiger partial charge on any atom is -0.375 e. The highest BCUT2D eigenvalue weighted by molar-refractivity contribution is 5.46. The van der Waals surface area contributed by atoms with E-state index in [0.29, 0.717) is 0 Å². The van der Waals surface area contributed by atoms with Crippen molar-refractivity contribution in [3.05, 3.63) is 29.8 Å². The molecule has 0 aromatic heterocycles. The Morgan fingerprint density at radius 1 is 1.23 bits per heavy atom. The van der Waals surface area contributed by atoms with Crippen LogP contribution in [0.2, 0.25) is 0 Å². The Kier molecular flexibility index (Phi) is 3.77. The van der Waals surface area contributed by atoms with Gasteiger partial charge in [-0.3, -0.25) is 0 Å². The molecule has 0 unspecified atom stereocenters. The van der Waals surface area contributed by atoms with Gasteiger partial charge in [-0.05, 0) is 31.7 Å². The van der Waals surface area contributed by atoms with E-state index in [1.807, 2.05) is 7.05 Å². The average molecular weight is 178 g/mol. The summed E-state index contributed by atoms with van der Waals surface area (Å²) in [5.41, 5.74) is 2.61. The normalized spacial score (nSPS) is 10.1. The quantitative estimate of drug-likeness (QED) is 0.757. The largest absolute Gasteiger partial charge is 0.375 e. The zero-order valence-electron chi connectivity index (χ0n) is 8.67. The van der Waals surface area contributed by atoms with Crippen molar-refractivity contribution in [2.45, 2.75) is 13.5 Å². The highest BCUT2D eigenvalue weighted by Gasteiger charge is 1.96. The lowest BCUT2D eigenvalue weighted by Gasteiger charge is -2.16. The van der Waals surface area contributed by atoms with Crippen molar-refractivity contribution in [1.29, 1.82) is 0 Å². The number of nitrogens with zero attached hydrogens (tertiary/aromatic N) is 1. The van der Waals surface area contributed by atoms with Gasteiger partial charge in [0.05, 0.1) is 0 Å². The molecule has 0 heterocycles. The maximum Gasteiger partial charge on any atom is 0.0363 e. The number of anilines is 1. The van der Waals surface area contributed by atoms with E-state index >= 15 is 0 Å². The summed E-state index contributed by atoms with van der Waals surface area (Å²) < 4.78 is 0. The molecule has 0 aliphatic heterocycles. The molecule has 72 valence electrons. The molecule has 2 heteroatoms. The predicted octanol–water partition coefficient (Wildman–Crippen LogP) is 1.86. The van der Waals surface area contributed by atoms with Crippen LogP contribution in [0.4, 0.5) is 5.69 Å². The van der Waals surface area contributed by atoms with Gasteiger partial charge in [-0.1, -0.05) is 12.1 Å². The van der Waals surface area contributed by atoms with Crippen LogP contribution in [-0.2, 0) is 6.54 Å². The van der Waals surface area contributed by atoms with Gasteiger partial charge in [0.2, 0.25) is 0 Å². The zero-order valence-corrected chi connectivity index (χ0v) is 8.67. The molecule has 13 heavy (non-hydrogen) atoms. The number of hydrogen-bond acceptors (Lipinski definition) is 2. The van der Waals surface area contributed by atoms with Crippen molar-refractivity contribution in [3.63, 3.8) is 0 Å². The van der Waals surface area contributed by atoms with E-state index in [9.17, 15) is 0 Å². The summed E-state index contributed by atoms with van der Waals surface area (Å²) in [4.78, 5) is 2.23. The molecule has 0 spiro atoms. The summed E-state index contributed by atoms with van der Waals surface area (Å²) in [6.45, 7) is 4.14. The van der Waals surface area contributed by atoms with Crippen molar-refractivity contribution in [3.8, 4) is 0 Å². The fourth-order valence-electron chi connectivity index (χ4n) is 1.25. The van der Waals surface area contributed by atoms with Crippen molar-refractivity contribution in [1.82, 2.24) is 5.32 Å². The summed E-state index contributed by atoms with van der Waals surface area (Å²) in [7, 11) is 4.07. The highest BCUT2D eigenvalue weighted by Crippen LogP contribution is 2.12. The Hall–Kier alpha value is -1.02. The van der Waals surface area contributed by atoms with Crippen molar-refractivity contribution in [2.24, 2.45) is 0 Å². The van der Waals surface area contributed by atoms with Gasteiger partial charge in [0.1, 0.15) is 0 Å². The van der Waals surface area contributed by atoms with Gasteiger partial charge in [-0.2, -0.15) is 0 Å². The van der Waals surface area contributed by atoms with Crippen LogP contribution < -0.4 is 10.2 Å². The SMILES string of the molecule is CCN(C)c1ccc(CNC)cc1. The van der Waals surface area contributed by atoms with Crippen LogP contribution in [0.5, 0.6) is 0 Å². The highest BCUT2D eigenvalue weighted by atomic mass is 15.1. The number of hydrogen-bond donors (Lipinski definition) is 1. The van der Waals surface area contributed by atoms with Crippen LogP contribution in [0, 0.1) is 0 Å². The number of nitrogens with one attached hydrogen (secondary N) is 1. The van der Waals surface area contributed by atoms with Gasteiger partial charge < -0.3 is 10.2 Å². The Balaban J connectivity index is 2.69. The second kappa shape index (κ2) is 4.87. The summed E-state index contributed by atoms with van der Waals surface area (Å²) in [6, 6.07) is 8.66. The summed E-state index contributed by atoms with van der Waals surface area (Å²) in [6.07, 6.45) is 0. The molecular weight excluding hydrogens is 160 g/mol. The first-order valence-electron chi connectivity index (χ1n) is 4.72. The molecule has 0 saturated carbocycles. The van der Waals surface area contributed by atoms with Gasteiger partial charge >= 0.3 is 0 Å². The summed E-state index contributed by atoms with van der Waals surface area (Å²) in [5.74, 6) is 0. The molecule has 0 aliphatic carbocycles. The zero-order chi connectivity index (χ0) is 9.68. The molecule has 0 saturated heterocycles. The lowest BCUT2D eigenvalue weighted by atomic mass is 10.2. The molecule has 0 fully saturated rings. The van der Waals surface area contributed by atoms with Crippen molar-refractivity contribution in [2.75, 3.05) is 25.5 Å². The van der Waals surface area contributed by atoms with Crippen LogP contribution in [0.1, 0.15) is 12.5 Å². The molecule has 0 radical (unpaired) electrons. The molecular formula is C11H18N2. The van der Waals surface area contributed by atoms with E-state index in [1.165, 1.54) is 11.3 Å². The molecule has 0 aliphatic rings. The molecule has 1 N–H and O–H groups in total. The van der Waals surface area contributed by atoms with Crippen LogP contribution in [0.3, 0.4) is 0 Å². The molecule has 2 nitrogen and oxygen atoms in total. The Labute approximate surface area is 80.6 Å². The predicted molar refractivity (Wildman–Crippen MR) is 58.1 cm³/mol. The average Bonchev–Trinajstić information content (AvgIpc) is 2.18. The monoisotopic (exact) mass is 178 g/mol. The number of rotatable bonds is 4. The standard InChI is InChI=1S/C11H18N2/c1-4-13(3)11-7-5-10(6-8-11)9-12-2/h5-8,12H,4,9H2,1-3H3. The fraction of sp³-hybridized carbons (Fsp3) is 0.455. The minimum atomic E-state index is 0.941. The van der Waals surface area contributed by atoms with Gasteiger partial charge in [-0.15, -0.1) is 0 Å². The van der Waals surface area contributed by atoms with Gasteiger partial charge in [0.15, 0.2) is 0 Å². The Morgan fingerprint density at radius 3 is 2.31 bits per heavy atom. The fourth-order valence-corrected chi connectivity index (χ4v) is 1.25. The first-order valence-corrected chi connectivity index (χ1v) is 4.72. The van der Waals surface area contributed by atoms with E-state index < -0.39 is 0 Å². The maximum absolute atomic E-state index is 3.13. The Morgan fingerprint density at radius 2 is 1.85 bits per heavy atom. The second-order valence-electron chi connectivity index (χ2n) is 3.21. The lowest BCUT2D eigenvalue weighted by Crippen LogP contribution is -2.15. The minimum absolute atomic E-state index is 0.941. The smallest absolute Gasteiger partial charge is 0.0363 e. The van der Waals surface area contributed by atoms with Gasteiger partial charge in [0, 0.05) is 25.8 Å². The lowest BCUT2D eigenvalue weighted by molar-refractivity contribution is 0.817. The van der Waals surface area contributed by atoms with E-state index in [2.05, 4.69) is 48.5 Å². The van der Waals surface area contributed by atoms with E-state index in [0.717, 1.165) is 13.1 Å². The van der Waals surface area contributed by atoms with Crippen LogP contribution in [0.25, 0.3) is 0 Å². The molecule has 1 aromatic rings. The topological polar surface area (TPSA) is 15.3 Å². The van der Waals surface area contributed by atoms with Crippen LogP contribution >= 0.6 is 0 Å². The molecule has 1 rings (SSSR count). The second-order valence-corrected chi connectivity index (χ2v) is 3.21. The first kappa shape index (κ1) is 10.1. The molecule has 1 aromatic carbocycles.